The fourth-order valence-corrected chi connectivity index (χ4v) is 3.86. The Hall–Kier alpha value is -4.33. The molecule has 0 saturated carbocycles. The fourth-order valence-electron chi connectivity index (χ4n) is 3.86. The Kier molecular flexibility index (Phi) is 14.5. The number of hydrogen-bond acceptors (Lipinski definition) is 6. The molecule has 0 radical (unpaired) electrons. The van der Waals surface area contributed by atoms with Crippen LogP contribution >= 0.6 is 0 Å². The summed E-state index contributed by atoms with van der Waals surface area (Å²) in [4.78, 5) is 36.8. The summed E-state index contributed by atoms with van der Waals surface area (Å²) < 4.78 is 16.3. The lowest BCUT2D eigenvalue weighted by molar-refractivity contribution is -0.139. The van der Waals surface area contributed by atoms with Gasteiger partial charge >= 0.3 is 11.9 Å². The summed E-state index contributed by atoms with van der Waals surface area (Å²) in [6.07, 6.45) is 5.87. The maximum atomic E-state index is 12.5. The maximum absolute atomic E-state index is 12.5. The molecule has 2 N–H and O–H groups in total. The highest BCUT2D eigenvalue weighted by Gasteiger charge is 2.21. The molecule has 3 aromatic rings. The van der Waals surface area contributed by atoms with Crippen LogP contribution in [0.2, 0.25) is 0 Å². The fraction of sp³-hybridized carbons (Fsp3) is 0.364. The van der Waals surface area contributed by atoms with Crippen LogP contribution in [0.15, 0.2) is 72.8 Å². The van der Waals surface area contributed by atoms with Gasteiger partial charge in [-0.15, -0.1) is 0 Å². The molecule has 0 bridgehead atoms. The van der Waals surface area contributed by atoms with Gasteiger partial charge in [-0.05, 0) is 72.6 Å². The van der Waals surface area contributed by atoms with Gasteiger partial charge in [-0.1, -0.05) is 58.6 Å². The Morgan fingerprint density at radius 3 is 1.90 bits per heavy atom. The molecule has 220 valence electrons. The molecule has 0 saturated heterocycles. The van der Waals surface area contributed by atoms with E-state index in [4.69, 9.17) is 14.2 Å². The van der Waals surface area contributed by atoms with Gasteiger partial charge in [0.25, 0.3) is 5.91 Å². The lowest BCUT2D eigenvalue weighted by Gasteiger charge is -2.15. The van der Waals surface area contributed by atoms with Crippen LogP contribution in [-0.2, 0) is 11.2 Å². The van der Waals surface area contributed by atoms with Crippen LogP contribution in [0.1, 0.15) is 79.2 Å². The first kappa shape index (κ1) is 32.9. The molecular formula is C33H41NO7. The number of benzene rings is 3. The number of hydrogen-bond donors (Lipinski definition) is 2. The molecule has 8 heteroatoms. The van der Waals surface area contributed by atoms with Gasteiger partial charge in [-0.3, -0.25) is 4.79 Å². The number of unbranched alkanes of at least 4 members (excludes halogenated alkanes) is 4. The highest BCUT2D eigenvalue weighted by Crippen LogP contribution is 2.18. The summed E-state index contributed by atoms with van der Waals surface area (Å²) in [6, 6.07) is 18.6. The predicted molar refractivity (Wildman–Crippen MR) is 159 cm³/mol. The minimum Gasteiger partial charge on any atom is -0.497 e. The summed E-state index contributed by atoms with van der Waals surface area (Å²) in [5, 5.41) is 12.2. The monoisotopic (exact) mass is 563 g/mol. The Bertz CT molecular complexity index is 1210. The number of carbonyl (C=O) groups is 3. The first-order valence-corrected chi connectivity index (χ1v) is 14.1. The number of amides is 1. The maximum Gasteiger partial charge on any atom is 0.343 e. The zero-order chi connectivity index (χ0) is 30.0. The first-order valence-electron chi connectivity index (χ1n) is 14.1. The van der Waals surface area contributed by atoms with E-state index in [2.05, 4.69) is 12.2 Å². The van der Waals surface area contributed by atoms with Crippen LogP contribution in [-0.4, -0.2) is 42.7 Å². The number of carboxylic acid groups (broad SMARTS) is 1. The predicted octanol–water partition coefficient (Wildman–Crippen LogP) is 6.72. The largest absolute Gasteiger partial charge is 0.497 e. The van der Waals surface area contributed by atoms with Crippen molar-refractivity contribution in [1.29, 1.82) is 0 Å². The van der Waals surface area contributed by atoms with E-state index in [-0.39, 0.29) is 6.42 Å². The number of aliphatic carboxylic acids is 1. The third kappa shape index (κ3) is 11.4. The van der Waals surface area contributed by atoms with Crippen molar-refractivity contribution in [3.63, 3.8) is 0 Å². The average molecular weight is 564 g/mol. The Morgan fingerprint density at radius 1 is 0.756 bits per heavy atom. The Labute approximate surface area is 242 Å². The average Bonchev–Trinajstić information content (AvgIpc) is 3.00. The number of rotatable bonds is 15. The second-order valence-corrected chi connectivity index (χ2v) is 9.12. The van der Waals surface area contributed by atoms with E-state index in [0.29, 0.717) is 40.5 Å². The molecule has 0 fully saturated rings. The third-order valence-electron chi connectivity index (χ3n) is 6.14. The van der Waals surface area contributed by atoms with Crippen LogP contribution < -0.4 is 19.5 Å². The van der Waals surface area contributed by atoms with Gasteiger partial charge in [0.15, 0.2) is 0 Å². The second kappa shape index (κ2) is 18.1. The van der Waals surface area contributed by atoms with Crippen molar-refractivity contribution in [2.24, 2.45) is 0 Å². The SMILES string of the molecule is CC.CCCCCCCOc1ccc(C(=O)Oc2ccc(CC(NC(=O)c3ccc(OC)cc3)C(=O)O)cc2)cc1. The minimum atomic E-state index is -1.16. The summed E-state index contributed by atoms with van der Waals surface area (Å²) >= 11 is 0. The molecule has 0 spiro atoms. The first-order chi connectivity index (χ1) is 19.9. The van der Waals surface area contributed by atoms with Crippen LogP contribution in [0.3, 0.4) is 0 Å². The normalized spacial score (nSPS) is 10.9. The van der Waals surface area contributed by atoms with E-state index in [9.17, 15) is 19.5 Å². The Balaban J connectivity index is 0.00000287. The molecule has 0 aliphatic carbocycles. The number of methoxy groups -OCH3 is 1. The molecule has 41 heavy (non-hydrogen) atoms. The van der Waals surface area contributed by atoms with Crippen LogP contribution in [0, 0.1) is 0 Å². The zero-order valence-electron chi connectivity index (χ0n) is 24.4. The topological polar surface area (TPSA) is 111 Å². The number of carbonyl (C=O) groups excluding carboxylic acids is 2. The molecule has 8 nitrogen and oxygen atoms in total. The van der Waals surface area contributed by atoms with Gasteiger partial charge in [-0.2, -0.15) is 0 Å². The molecule has 3 rings (SSSR count). The smallest absolute Gasteiger partial charge is 0.343 e. The molecule has 0 heterocycles. The van der Waals surface area contributed by atoms with E-state index in [1.165, 1.54) is 26.4 Å². The van der Waals surface area contributed by atoms with Crippen LogP contribution in [0.4, 0.5) is 0 Å². The highest BCUT2D eigenvalue weighted by molar-refractivity contribution is 5.96. The molecular weight excluding hydrogens is 522 g/mol. The third-order valence-corrected chi connectivity index (χ3v) is 6.14. The number of carboxylic acids is 1. The van der Waals surface area contributed by atoms with Gasteiger partial charge in [0.1, 0.15) is 23.3 Å². The summed E-state index contributed by atoms with van der Waals surface area (Å²) in [5.74, 6) is -0.542. The molecule has 0 aliphatic heterocycles. The van der Waals surface area contributed by atoms with Crippen molar-refractivity contribution in [3.05, 3.63) is 89.5 Å². The van der Waals surface area contributed by atoms with Gasteiger partial charge in [-0.25, -0.2) is 9.59 Å². The molecule has 0 aliphatic rings. The Morgan fingerprint density at radius 2 is 1.32 bits per heavy atom. The molecule has 1 amide bonds. The molecule has 0 aromatic heterocycles. The van der Waals surface area contributed by atoms with Gasteiger partial charge in [0.05, 0.1) is 19.3 Å². The lowest BCUT2D eigenvalue weighted by atomic mass is 10.1. The number of nitrogens with one attached hydrogen (secondary N) is 1. The van der Waals surface area contributed by atoms with Crippen molar-refractivity contribution in [2.75, 3.05) is 13.7 Å². The molecule has 1 atom stereocenters. The highest BCUT2D eigenvalue weighted by atomic mass is 16.5. The van der Waals surface area contributed by atoms with Crippen LogP contribution in [0.25, 0.3) is 0 Å². The number of ether oxygens (including phenoxy) is 3. The summed E-state index contributed by atoms with van der Waals surface area (Å²) in [7, 11) is 1.52. The van der Waals surface area contributed by atoms with Crippen molar-refractivity contribution in [2.45, 2.75) is 65.3 Å². The van der Waals surface area contributed by atoms with Crippen molar-refractivity contribution < 1.29 is 33.7 Å². The second-order valence-electron chi connectivity index (χ2n) is 9.12. The van der Waals surface area contributed by atoms with E-state index >= 15 is 0 Å². The van der Waals surface area contributed by atoms with Gasteiger partial charge in [0, 0.05) is 12.0 Å². The lowest BCUT2D eigenvalue weighted by Crippen LogP contribution is -2.42. The number of esters is 1. The summed E-state index contributed by atoms with van der Waals surface area (Å²) in [6.45, 7) is 6.83. The van der Waals surface area contributed by atoms with E-state index in [1.807, 2.05) is 13.8 Å². The van der Waals surface area contributed by atoms with Crippen molar-refractivity contribution in [1.82, 2.24) is 5.32 Å². The van der Waals surface area contributed by atoms with E-state index < -0.39 is 23.9 Å². The molecule has 1 unspecified atom stereocenters. The van der Waals surface area contributed by atoms with Crippen molar-refractivity contribution >= 4 is 17.8 Å². The minimum absolute atomic E-state index is 0.0610. The standard InChI is InChI=1S/C31H35NO7.C2H6/c1-3-4-5-6-7-20-38-26-18-12-24(13-19-26)31(36)39-27-14-8-22(9-15-27)21-28(30(34)35)32-29(33)23-10-16-25(37-2)17-11-23;1-2/h8-19,28H,3-7,20-21H2,1-2H3,(H,32,33)(H,34,35);1-2H3. The van der Waals surface area contributed by atoms with E-state index in [0.717, 1.165) is 12.8 Å². The molecule has 3 aromatic carbocycles. The quantitative estimate of drug-likeness (QED) is 0.120. The van der Waals surface area contributed by atoms with Gasteiger partial charge in [0.2, 0.25) is 0 Å². The van der Waals surface area contributed by atoms with Crippen LogP contribution in [0.5, 0.6) is 17.2 Å². The zero-order valence-corrected chi connectivity index (χ0v) is 24.4. The van der Waals surface area contributed by atoms with Gasteiger partial charge < -0.3 is 24.6 Å². The van der Waals surface area contributed by atoms with E-state index in [1.54, 1.807) is 72.8 Å². The van der Waals surface area contributed by atoms with Crippen molar-refractivity contribution in [3.8, 4) is 17.2 Å². The summed E-state index contributed by atoms with van der Waals surface area (Å²) in [5.41, 5.74) is 1.38.